The first-order chi connectivity index (χ1) is 8.35. The van der Waals surface area contributed by atoms with E-state index in [0.29, 0.717) is 6.73 Å². The van der Waals surface area contributed by atoms with Crippen LogP contribution in [0.15, 0.2) is 36.9 Å². The maximum absolute atomic E-state index is 4.81. The van der Waals surface area contributed by atoms with Crippen LogP contribution in [0.2, 0.25) is 0 Å². The predicted molar refractivity (Wildman–Crippen MR) is 75.9 cm³/mol. The molecule has 0 fully saturated rings. The van der Waals surface area contributed by atoms with Crippen LogP contribution in [0.25, 0.3) is 6.08 Å². The highest BCUT2D eigenvalue weighted by molar-refractivity contribution is 5.45. The summed E-state index contributed by atoms with van der Waals surface area (Å²) in [5.74, 6) is 0. The van der Waals surface area contributed by atoms with Crippen molar-refractivity contribution in [2.75, 3.05) is 20.4 Å². The Morgan fingerprint density at radius 3 is 2.41 bits per heavy atom. The van der Waals surface area contributed by atoms with E-state index in [2.05, 4.69) is 18.8 Å². The summed E-state index contributed by atoms with van der Waals surface area (Å²) in [5, 5.41) is 3.15. The summed E-state index contributed by atoms with van der Waals surface area (Å²) in [6, 6.07) is 10.0. The molecule has 96 valence electrons. The van der Waals surface area contributed by atoms with Gasteiger partial charge in [0.15, 0.2) is 0 Å². The van der Waals surface area contributed by atoms with E-state index in [0.717, 1.165) is 6.54 Å². The van der Waals surface area contributed by atoms with Crippen LogP contribution in [0.5, 0.6) is 0 Å². The van der Waals surface area contributed by atoms with Crippen LogP contribution >= 0.6 is 0 Å². The zero-order valence-corrected chi connectivity index (χ0v) is 11.1. The molecule has 0 unspecified atom stereocenters. The zero-order chi connectivity index (χ0) is 12.8. The van der Waals surface area contributed by atoms with Crippen molar-refractivity contribution in [1.82, 2.24) is 5.32 Å². The Morgan fingerprint density at radius 1 is 1.24 bits per heavy atom. The second kappa shape index (κ2) is 12.9. The lowest BCUT2D eigenvalue weighted by Gasteiger charge is -2.00. The van der Waals surface area contributed by atoms with Gasteiger partial charge < -0.3 is 4.74 Å². The van der Waals surface area contributed by atoms with Crippen LogP contribution in [0, 0.1) is 0 Å². The third kappa shape index (κ3) is 11.1. The minimum absolute atomic E-state index is 0.684. The Balaban J connectivity index is 0.000000302. The molecule has 0 saturated heterocycles. The van der Waals surface area contributed by atoms with Gasteiger partial charge in [0.1, 0.15) is 0 Å². The third-order valence-corrected chi connectivity index (χ3v) is 2.24. The Morgan fingerprint density at radius 2 is 1.94 bits per heavy atom. The molecule has 1 rings (SSSR count). The quantitative estimate of drug-likeness (QED) is 0.575. The summed E-state index contributed by atoms with van der Waals surface area (Å²) in [7, 11) is 1.70. The van der Waals surface area contributed by atoms with Crippen LogP contribution in [-0.4, -0.2) is 20.4 Å². The molecule has 0 bridgehead atoms. The zero-order valence-electron chi connectivity index (χ0n) is 11.1. The molecule has 1 N–H and O–H groups in total. The predicted octanol–water partition coefficient (Wildman–Crippen LogP) is 3.70. The van der Waals surface area contributed by atoms with Crippen molar-refractivity contribution >= 4 is 6.08 Å². The molecule has 0 spiro atoms. The number of unbranched alkanes of at least 4 members (excludes halogenated alkanes) is 2. The van der Waals surface area contributed by atoms with Gasteiger partial charge in [-0.2, -0.15) is 0 Å². The molecular weight excluding hydrogens is 210 g/mol. The van der Waals surface area contributed by atoms with Gasteiger partial charge in [0.05, 0.1) is 6.73 Å². The van der Waals surface area contributed by atoms with Crippen LogP contribution in [0.4, 0.5) is 0 Å². The SMILES string of the molecule is C=Cc1ccccc1.CCCCCNCOC. The van der Waals surface area contributed by atoms with Crippen LogP contribution in [-0.2, 0) is 4.74 Å². The fourth-order valence-electron chi connectivity index (χ4n) is 1.26. The van der Waals surface area contributed by atoms with Crippen molar-refractivity contribution in [3.05, 3.63) is 42.5 Å². The summed E-state index contributed by atoms with van der Waals surface area (Å²) in [6.07, 6.45) is 5.70. The van der Waals surface area contributed by atoms with Gasteiger partial charge >= 0.3 is 0 Å². The van der Waals surface area contributed by atoms with E-state index in [1.54, 1.807) is 7.11 Å². The van der Waals surface area contributed by atoms with E-state index < -0.39 is 0 Å². The Hall–Kier alpha value is -1.12. The summed E-state index contributed by atoms with van der Waals surface area (Å²) in [6.45, 7) is 7.60. The third-order valence-electron chi connectivity index (χ3n) is 2.24. The van der Waals surface area contributed by atoms with Gasteiger partial charge in [0.2, 0.25) is 0 Å². The van der Waals surface area contributed by atoms with Gasteiger partial charge in [-0.25, -0.2) is 0 Å². The lowest BCUT2D eigenvalue weighted by atomic mass is 10.2. The van der Waals surface area contributed by atoms with E-state index in [1.807, 2.05) is 36.4 Å². The second-order valence-corrected chi connectivity index (χ2v) is 3.75. The largest absolute Gasteiger partial charge is 0.370 e. The standard InChI is InChI=1S/C8H8.C7H17NO/c1-2-8-6-4-3-5-7-8;1-3-4-5-6-8-7-9-2/h2-7H,1H2;8H,3-7H2,1-2H3. The molecule has 2 heteroatoms. The molecule has 1 aromatic carbocycles. The highest BCUT2D eigenvalue weighted by atomic mass is 16.5. The van der Waals surface area contributed by atoms with Gasteiger partial charge in [-0.1, -0.05) is 62.8 Å². The summed E-state index contributed by atoms with van der Waals surface area (Å²) >= 11 is 0. The fourth-order valence-corrected chi connectivity index (χ4v) is 1.26. The molecule has 2 nitrogen and oxygen atoms in total. The van der Waals surface area contributed by atoms with E-state index in [4.69, 9.17) is 4.74 Å². The highest BCUT2D eigenvalue weighted by Gasteiger charge is 1.83. The van der Waals surface area contributed by atoms with Crippen molar-refractivity contribution in [3.8, 4) is 0 Å². The van der Waals surface area contributed by atoms with Gasteiger partial charge in [0, 0.05) is 7.11 Å². The Kier molecular flexibility index (Phi) is 12.1. The molecule has 1 aromatic rings. The molecule has 0 aliphatic carbocycles. The van der Waals surface area contributed by atoms with Gasteiger partial charge in [-0.3, -0.25) is 5.32 Å². The minimum atomic E-state index is 0.684. The monoisotopic (exact) mass is 235 g/mol. The minimum Gasteiger partial charge on any atom is -0.370 e. The lowest BCUT2D eigenvalue weighted by Crippen LogP contribution is -2.17. The molecule has 17 heavy (non-hydrogen) atoms. The van der Waals surface area contributed by atoms with E-state index in [9.17, 15) is 0 Å². The lowest BCUT2D eigenvalue weighted by molar-refractivity contribution is 0.175. The van der Waals surface area contributed by atoms with Crippen molar-refractivity contribution < 1.29 is 4.74 Å². The summed E-state index contributed by atoms with van der Waals surface area (Å²) in [5.41, 5.74) is 1.17. The van der Waals surface area contributed by atoms with E-state index in [-0.39, 0.29) is 0 Å². The molecule has 0 aliphatic heterocycles. The van der Waals surface area contributed by atoms with Gasteiger partial charge in [-0.15, -0.1) is 0 Å². The smallest absolute Gasteiger partial charge is 0.0961 e. The fraction of sp³-hybridized carbons (Fsp3) is 0.467. The molecule has 0 amide bonds. The number of nitrogens with one attached hydrogen (secondary N) is 1. The molecular formula is C15H25NO. The highest BCUT2D eigenvalue weighted by Crippen LogP contribution is 1.97. The first-order valence-corrected chi connectivity index (χ1v) is 6.22. The van der Waals surface area contributed by atoms with Crippen molar-refractivity contribution in [3.63, 3.8) is 0 Å². The van der Waals surface area contributed by atoms with Crippen LogP contribution in [0.3, 0.4) is 0 Å². The second-order valence-electron chi connectivity index (χ2n) is 3.75. The Labute approximate surface area is 106 Å². The average Bonchev–Trinajstić information content (AvgIpc) is 2.40. The number of hydrogen-bond acceptors (Lipinski definition) is 2. The van der Waals surface area contributed by atoms with Crippen molar-refractivity contribution in [2.45, 2.75) is 26.2 Å². The first kappa shape index (κ1) is 15.9. The normalized spacial score (nSPS) is 9.29. The van der Waals surface area contributed by atoms with Gasteiger partial charge in [-0.05, 0) is 18.5 Å². The molecule has 0 heterocycles. The van der Waals surface area contributed by atoms with Crippen LogP contribution < -0.4 is 5.32 Å². The van der Waals surface area contributed by atoms with E-state index in [1.165, 1.54) is 24.8 Å². The maximum atomic E-state index is 4.81. The van der Waals surface area contributed by atoms with Crippen molar-refractivity contribution in [2.24, 2.45) is 0 Å². The summed E-state index contributed by atoms with van der Waals surface area (Å²) in [4.78, 5) is 0. The first-order valence-electron chi connectivity index (χ1n) is 6.22. The number of rotatable bonds is 7. The van der Waals surface area contributed by atoms with E-state index >= 15 is 0 Å². The number of methoxy groups -OCH3 is 1. The molecule has 0 radical (unpaired) electrons. The van der Waals surface area contributed by atoms with Crippen molar-refractivity contribution in [1.29, 1.82) is 0 Å². The Bertz CT molecular complexity index is 253. The van der Waals surface area contributed by atoms with Crippen LogP contribution in [0.1, 0.15) is 31.7 Å². The number of hydrogen-bond donors (Lipinski definition) is 1. The van der Waals surface area contributed by atoms with Gasteiger partial charge in [0.25, 0.3) is 0 Å². The topological polar surface area (TPSA) is 21.3 Å². The number of benzene rings is 1. The molecule has 0 aromatic heterocycles. The molecule has 0 saturated carbocycles. The molecule has 0 atom stereocenters. The average molecular weight is 235 g/mol. The number of ether oxygens (including phenoxy) is 1. The molecule has 0 aliphatic rings. The maximum Gasteiger partial charge on any atom is 0.0961 e. The summed E-state index contributed by atoms with van der Waals surface area (Å²) < 4.78 is 4.81.